The molecular formula is C14H19BrN2O. The van der Waals surface area contributed by atoms with Crippen molar-refractivity contribution in [3.05, 3.63) is 28.2 Å². The van der Waals surface area contributed by atoms with Crippen molar-refractivity contribution in [3.8, 4) is 11.8 Å². The van der Waals surface area contributed by atoms with Gasteiger partial charge in [-0.3, -0.25) is 0 Å². The van der Waals surface area contributed by atoms with Crippen molar-refractivity contribution in [2.75, 3.05) is 6.61 Å². The molecule has 0 aliphatic heterocycles. The Balaban J connectivity index is 2.43. The highest BCUT2D eigenvalue weighted by atomic mass is 79.9. The van der Waals surface area contributed by atoms with E-state index in [9.17, 15) is 0 Å². The number of nitrogens with zero attached hydrogens (tertiary/aromatic N) is 1. The third-order valence-electron chi connectivity index (χ3n) is 2.74. The van der Waals surface area contributed by atoms with Crippen molar-refractivity contribution in [2.45, 2.75) is 33.2 Å². The van der Waals surface area contributed by atoms with E-state index < -0.39 is 0 Å². The van der Waals surface area contributed by atoms with Crippen molar-refractivity contribution < 1.29 is 4.74 Å². The van der Waals surface area contributed by atoms with Crippen LogP contribution in [0.1, 0.15) is 32.3 Å². The zero-order valence-corrected chi connectivity index (χ0v) is 12.5. The number of hydrogen-bond acceptors (Lipinski definition) is 3. The van der Waals surface area contributed by atoms with Gasteiger partial charge < -0.3 is 10.5 Å². The lowest BCUT2D eigenvalue weighted by atomic mass is 9.90. The second-order valence-corrected chi connectivity index (χ2v) is 5.77. The monoisotopic (exact) mass is 310 g/mol. The van der Waals surface area contributed by atoms with E-state index >= 15 is 0 Å². The Morgan fingerprint density at radius 2 is 2.17 bits per heavy atom. The molecule has 4 heteroatoms. The fourth-order valence-corrected chi connectivity index (χ4v) is 2.08. The summed E-state index contributed by atoms with van der Waals surface area (Å²) in [5.41, 5.74) is 6.36. The molecule has 98 valence electrons. The van der Waals surface area contributed by atoms with Gasteiger partial charge in [0.1, 0.15) is 5.75 Å². The average molecular weight is 311 g/mol. The minimum Gasteiger partial charge on any atom is -0.492 e. The van der Waals surface area contributed by atoms with E-state index in [0.717, 1.165) is 28.6 Å². The molecule has 0 amide bonds. The normalized spacial score (nSPS) is 11.1. The predicted octanol–water partition coefficient (Wildman–Crippen LogP) is 3.62. The van der Waals surface area contributed by atoms with Crippen molar-refractivity contribution in [1.82, 2.24) is 0 Å². The van der Waals surface area contributed by atoms with Crippen LogP contribution < -0.4 is 10.5 Å². The summed E-state index contributed by atoms with van der Waals surface area (Å²) in [4.78, 5) is 0. The van der Waals surface area contributed by atoms with Crippen LogP contribution in [0, 0.1) is 16.7 Å². The first-order chi connectivity index (χ1) is 8.48. The number of halogens is 1. The lowest BCUT2D eigenvalue weighted by molar-refractivity contribution is 0.283. The van der Waals surface area contributed by atoms with Crippen LogP contribution in [0.2, 0.25) is 0 Å². The van der Waals surface area contributed by atoms with Crippen LogP contribution in [0.15, 0.2) is 22.7 Å². The van der Waals surface area contributed by atoms with Crippen LogP contribution in [0.25, 0.3) is 0 Å². The minimum absolute atomic E-state index is 0.274. The summed E-state index contributed by atoms with van der Waals surface area (Å²) in [7, 11) is 0. The van der Waals surface area contributed by atoms with Gasteiger partial charge in [0.2, 0.25) is 0 Å². The maximum absolute atomic E-state index is 8.90. The minimum atomic E-state index is -0.274. The first-order valence-corrected chi connectivity index (χ1v) is 6.80. The molecule has 0 radical (unpaired) electrons. The molecule has 1 aromatic rings. The summed E-state index contributed by atoms with van der Waals surface area (Å²) in [5.74, 6) is 0.821. The van der Waals surface area contributed by atoms with E-state index in [1.807, 2.05) is 32.0 Å². The van der Waals surface area contributed by atoms with Crippen molar-refractivity contribution >= 4 is 15.9 Å². The molecule has 0 heterocycles. The maximum Gasteiger partial charge on any atom is 0.133 e. The lowest BCUT2D eigenvalue weighted by Crippen LogP contribution is -2.10. The van der Waals surface area contributed by atoms with Gasteiger partial charge in [0.05, 0.1) is 22.6 Å². The fourth-order valence-electron chi connectivity index (χ4n) is 1.54. The van der Waals surface area contributed by atoms with Crippen LogP contribution in [0.4, 0.5) is 0 Å². The van der Waals surface area contributed by atoms with Gasteiger partial charge in [-0.25, -0.2) is 0 Å². The van der Waals surface area contributed by atoms with Crippen LogP contribution in [0.3, 0.4) is 0 Å². The quantitative estimate of drug-likeness (QED) is 0.816. The molecule has 0 atom stereocenters. The molecule has 1 aromatic carbocycles. The van der Waals surface area contributed by atoms with Crippen molar-refractivity contribution in [3.63, 3.8) is 0 Å². The highest BCUT2D eigenvalue weighted by molar-refractivity contribution is 9.10. The number of ether oxygens (including phenoxy) is 1. The topological polar surface area (TPSA) is 59.0 Å². The Hall–Kier alpha value is -1.05. The van der Waals surface area contributed by atoms with Crippen LogP contribution in [-0.4, -0.2) is 6.61 Å². The van der Waals surface area contributed by atoms with Crippen molar-refractivity contribution in [1.29, 1.82) is 5.26 Å². The van der Waals surface area contributed by atoms with E-state index in [4.69, 9.17) is 15.7 Å². The number of rotatable bonds is 6. The number of hydrogen-bond donors (Lipinski definition) is 1. The molecule has 0 aliphatic rings. The molecule has 18 heavy (non-hydrogen) atoms. The summed E-state index contributed by atoms with van der Waals surface area (Å²) < 4.78 is 6.60. The summed E-state index contributed by atoms with van der Waals surface area (Å²) in [6.45, 7) is 5.03. The second kappa shape index (κ2) is 6.77. The molecule has 2 N–H and O–H groups in total. The number of benzene rings is 1. The summed E-state index contributed by atoms with van der Waals surface area (Å²) in [5, 5.41) is 8.90. The Morgan fingerprint density at radius 1 is 1.44 bits per heavy atom. The van der Waals surface area contributed by atoms with Crippen LogP contribution in [-0.2, 0) is 6.54 Å². The zero-order valence-electron chi connectivity index (χ0n) is 10.9. The molecule has 0 saturated carbocycles. The molecule has 0 fully saturated rings. The lowest BCUT2D eigenvalue weighted by Gasteiger charge is -2.15. The third-order valence-corrected chi connectivity index (χ3v) is 3.36. The van der Waals surface area contributed by atoms with Crippen LogP contribution >= 0.6 is 15.9 Å². The number of nitriles is 1. The highest BCUT2D eigenvalue weighted by Gasteiger charge is 2.15. The predicted molar refractivity (Wildman–Crippen MR) is 76.2 cm³/mol. The Morgan fingerprint density at radius 3 is 2.72 bits per heavy atom. The van der Waals surface area contributed by atoms with Gasteiger partial charge in [0, 0.05) is 6.54 Å². The van der Waals surface area contributed by atoms with E-state index in [-0.39, 0.29) is 5.41 Å². The van der Waals surface area contributed by atoms with Crippen molar-refractivity contribution in [2.24, 2.45) is 11.1 Å². The first-order valence-electron chi connectivity index (χ1n) is 6.01. The van der Waals surface area contributed by atoms with E-state index in [0.29, 0.717) is 13.2 Å². The van der Waals surface area contributed by atoms with Gasteiger partial charge in [-0.2, -0.15) is 5.26 Å². The zero-order chi connectivity index (χ0) is 13.6. The largest absolute Gasteiger partial charge is 0.492 e. The second-order valence-electron chi connectivity index (χ2n) is 4.92. The molecular weight excluding hydrogens is 292 g/mol. The maximum atomic E-state index is 8.90. The molecule has 0 aromatic heterocycles. The first kappa shape index (κ1) is 15.0. The summed E-state index contributed by atoms with van der Waals surface area (Å²) >= 11 is 3.46. The van der Waals surface area contributed by atoms with Gasteiger partial charge in [-0.05, 0) is 60.3 Å². The standard InChI is InChI=1S/C14H19BrN2O/c1-14(2,10-17)6-3-7-18-13-5-4-11(9-16)8-12(13)15/h4-5,8H,3,6-7,9,16H2,1-2H3. The van der Waals surface area contributed by atoms with Gasteiger partial charge in [-0.1, -0.05) is 6.07 Å². The highest BCUT2D eigenvalue weighted by Crippen LogP contribution is 2.27. The Labute approximate surface area is 117 Å². The summed E-state index contributed by atoms with van der Waals surface area (Å²) in [6.07, 6.45) is 1.70. The smallest absolute Gasteiger partial charge is 0.133 e. The molecule has 0 aliphatic carbocycles. The fraction of sp³-hybridized carbons (Fsp3) is 0.500. The van der Waals surface area contributed by atoms with Crippen LogP contribution in [0.5, 0.6) is 5.75 Å². The SMILES string of the molecule is CC(C)(C#N)CCCOc1ccc(CN)cc1Br. The Kier molecular flexibility index (Phi) is 5.64. The van der Waals surface area contributed by atoms with E-state index in [1.54, 1.807) is 0 Å². The van der Waals surface area contributed by atoms with Gasteiger partial charge in [-0.15, -0.1) is 0 Å². The van der Waals surface area contributed by atoms with Gasteiger partial charge in [0.15, 0.2) is 0 Å². The molecule has 1 rings (SSSR count). The number of nitrogens with two attached hydrogens (primary N) is 1. The third kappa shape index (κ3) is 4.67. The van der Waals surface area contributed by atoms with Gasteiger partial charge in [0.25, 0.3) is 0 Å². The molecule has 0 unspecified atom stereocenters. The van der Waals surface area contributed by atoms with E-state index in [2.05, 4.69) is 22.0 Å². The van der Waals surface area contributed by atoms with E-state index in [1.165, 1.54) is 0 Å². The van der Waals surface area contributed by atoms with Gasteiger partial charge >= 0.3 is 0 Å². The molecule has 0 spiro atoms. The average Bonchev–Trinajstić information content (AvgIpc) is 2.36. The summed E-state index contributed by atoms with van der Waals surface area (Å²) in [6, 6.07) is 8.13. The molecule has 0 saturated heterocycles. The Bertz CT molecular complexity index is 438. The molecule has 3 nitrogen and oxygen atoms in total. The molecule has 0 bridgehead atoms.